The molecule has 2 heteroatoms. The lowest BCUT2D eigenvalue weighted by Gasteiger charge is -2.03. The first kappa shape index (κ1) is 6.65. The van der Waals surface area contributed by atoms with Crippen molar-refractivity contribution in [1.82, 2.24) is 4.98 Å². The monoisotopic (exact) mass is 148 g/mol. The molecule has 2 nitrogen and oxygen atoms in total. The van der Waals surface area contributed by atoms with Gasteiger partial charge in [-0.1, -0.05) is 0 Å². The van der Waals surface area contributed by atoms with Crippen molar-refractivity contribution in [3.63, 3.8) is 0 Å². The average Bonchev–Trinajstić information content (AvgIpc) is 2.34. The van der Waals surface area contributed by atoms with Gasteiger partial charge in [-0.15, -0.1) is 0 Å². The Morgan fingerprint density at radius 1 is 1.45 bits per heavy atom. The lowest BCUT2D eigenvalue weighted by atomic mass is 10.1. The average molecular weight is 148 g/mol. The van der Waals surface area contributed by atoms with Crippen LogP contribution in [-0.4, -0.2) is 11.5 Å². The second-order valence-electron chi connectivity index (χ2n) is 3.05. The number of hydrogen-bond donors (Lipinski definition) is 1. The number of aromatic nitrogens is 1. The molecule has 1 aromatic rings. The zero-order chi connectivity index (χ0) is 7.84. The van der Waals surface area contributed by atoms with Crippen molar-refractivity contribution < 1.29 is 0 Å². The highest BCUT2D eigenvalue weighted by atomic mass is 14.9. The van der Waals surface area contributed by atoms with Crippen LogP contribution in [0.4, 0.5) is 5.69 Å². The topological polar surface area (TPSA) is 24.9 Å². The molecule has 2 rings (SSSR count). The van der Waals surface area contributed by atoms with E-state index in [2.05, 4.69) is 23.3 Å². The van der Waals surface area contributed by atoms with Crippen LogP contribution in [0.2, 0.25) is 0 Å². The Morgan fingerprint density at radius 3 is 3.09 bits per heavy atom. The van der Waals surface area contributed by atoms with E-state index in [-0.39, 0.29) is 0 Å². The summed E-state index contributed by atoms with van der Waals surface area (Å²) in [7, 11) is 0. The first-order valence-electron chi connectivity index (χ1n) is 3.98. The Bertz CT molecular complexity index is 292. The minimum Gasteiger partial charge on any atom is -0.384 e. The number of pyridine rings is 1. The number of nitrogens with one attached hydrogen (secondary N) is 1. The van der Waals surface area contributed by atoms with Crippen LogP contribution in [0.25, 0.3) is 0 Å². The molecule has 11 heavy (non-hydrogen) atoms. The molecule has 0 saturated heterocycles. The highest BCUT2D eigenvalue weighted by Gasteiger charge is 2.12. The predicted molar refractivity (Wildman–Crippen MR) is 45.9 cm³/mol. The zero-order valence-electron chi connectivity index (χ0n) is 6.94. The molecule has 0 saturated carbocycles. The lowest BCUT2D eigenvalue weighted by molar-refractivity contribution is 1.04. The van der Waals surface area contributed by atoms with E-state index in [4.69, 9.17) is 0 Å². The van der Waals surface area contributed by atoms with E-state index in [9.17, 15) is 0 Å². The van der Waals surface area contributed by atoms with Crippen LogP contribution in [0.3, 0.4) is 0 Å². The smallest absolute Gasteiger partial charge is 0.0429 e. The molecule has 0 atom stereocenters. The van der Waals surface area contributed by atoms with Crippen LogP contribution in [0.1, 0.15) is 17.0 Å². The summed E-state index contributed by atoms with van der Waals surface area (Å²) in [6.07, 6.45) is 1.13. The molecule has 1 aromatic heterocycles. The van der Waals surface area contributed by atoms with E-state index in [1.807, 2.05) is 6.92 Å². The van der Waals surface area contributed by atoms with Gasteiger partial charge in [0, 0.05) is 23.6 Å². The third-order valence-electron chi connectivity index (χ3n) is 2.15. The van der Waals surface area contributed by atoms with Gasteiger partial charge in [0.25, 0.3) is 0 Å². The maximum atomic E-state index is 4.41. The van der Waals surface area contributed by atoms with Crippen molar-refractivity contribution in [3.05, 3.63) is 23.0 Å². The van der Waals surface area contributed by atoms with Gasteiger partial charge >= 0.3 is 0 Å². The second-order valence-corrected chi connectivity index (χ2v) is 3.05. The fraction of sp³-hybridized carbons (Fsp3) is 0.444. The van der Waals surface area contributed by atoms with Gasteiger partial charge in [0.2, 0.25) is 0 Å². The van der Waals surface area contributed by atoms with Crippen LogP contribution in [0.5, 0.6) is 0 Å². The predicted octanol–water partition coefficient (Wildman–Crippen LogP) is 1.67. The first-order valence-corrected chi connectivity index (χ1v) is 3.98. The number of fused-ring (bicyclic) bond motifs is 1. The minimum atomic E-state index is 1.07. The number of anilines is 1. The fourth-order valence-electron chi connectivity index (χ4n) is 1.65. The van der Waals surface area contributed by atoms with Crippen LogP contribution in [0, 0.1) is 13.8 Å². The first-order chi connectivity index (χ1) is 5.27. The summed E-state index contributed by atoms with van der Waals surface area (Å²) in [5.74, 6) is 0. The van der Waals surface area contributed by atoms with Crippen molar-refractivity contribution in [3.8, 4) is 0 Å². The summed E-state index contributed by atoms with van der Waals surface area (Å²) < 4.78 is 0. The Morgan fingerprint density at radius 2 is 2.27 bits per heavy atom. The fourth-order valence-corrected chi connectivity index (χ4v) is 1.65. The van der Waals surface area contributed by atoms with Crippen LogP contribution >= 0.6 is 0 Å². The maximum absolute atomic E-state index is 4.41. The summed E-state index contributed by atoms with van der Waals surface area (Å²) in [4.78, 5) is 4.41. The van der Waals surface area contributed by atoms with Gasteiger partial charge in [0.15, 0.2) is 0 Å². The minimum absolute atomic E-state index is 1.07. The summed E-state index contributed by atoms with van der Waals surface area (Å²) in [5.41, 5.74) is 4.98. The van der Waals surface area contributed by atoms with Gasteiger partial charge in [-0.2, -0.15) is 0 Å². The Hall–Kier alpha value is -1.05. The molecule has 2 heterocycles. The third-order valence-corrected chi connectivity index (χ3v) is 2.15. The lowest BCUT2D eigenvalue weighted by Crippen LogP contribution is -1.92. The summed E-state index contributed by atoms with van der Waals surface area (Å²) in [6.45, 7) is 5.19. The third kappa shape index (κ3) is 0.985. The molecule has 0 aliphatic carbocycles. The molecule has 58 valence electrons. The molecule has 0 bridgehead atoms. The summed E-state index contributed by atoms with van der Waals surface area (Å²) >= 11 is 0. The summed E-state index contributed by atoms with van der Waals surface area (Å²) in [6, 6.07) is 2.12. The molecule has 0 aromatic carbocycles. The number of rotatable bonds is 0. The van der Waals surface area contributed by atoms with Crippen molar-refractivity contribution in [2.75, 3.05) is 11.9 Å². The van der Waals surface area contributed by atoms with E-state index < -0.39 is 0 Å². The normalized spacial score (nSPS) is 14.4. The molecule has 0 fully saturated rings. The molecule has 0 spiro atoms. The molecular formula is C9H12N2. The SMILES string of the molecule is Cc1cc2c(c(C)n1)CCN2. The highest BCUT2D eigenvalue weighted by molar-refractivity contribution is 5.57. The maximum Gasteiger partial charge on any atom is 0.0429 e. The summed E-state index contributed by atoms with van der Waals surface area (Å²) in [5, 5.41) is 3.34. The Balaban J connectivity index is 2.60. The van der Waals surface area contributed by atoms with Crippen molar-refractivity contribution >= 4 is 5.69 Å². The van der Waals surface area contributed by atoms with Crippen molar-refractivity contribution in [1.29, 1.82) is 0 Å². The molecule has 0 amide bonds. The molecule has 1 aliphatic rings. The highest BCUT2D eigenvalue weighted by Crippen LogP contribution is 2.24. The molecule has 0 unspecified atom stereocenters. The van der Waals surface area contributed by atoms with Gasteiger partial charge in [-0.3, -0.25) is 4.98 Å². The molecule has 1 aliphatic heterocycles. The van der Waals surface area contributed by atoms with Crippen LogP contribution in [0.15, 0.2) is 6.07 Å². The quantitative estimate of drug-likeness (QED) is 0.605. The molecule has 0 radical (unpaired) electrons. The Labute approximate surface area is 66.7 Å². The Kier molecular flexibility index (Phi) is 1.34. The van der Waals surface area contributed by atoms with E-state index in [1.54, 1.807) is 0 Å². The van der Waals surface area contributed by atoms with Gasteiger partial charge in [-0.25, -0.2) is 0 Å². The van der Waals surface area contributed by atoms with Gasteiger partial charge in [0.05, 0.1) is 0 Å². The van der Waals surface area contributed by atoms with E-state index in [1.165, 1.54) is 16.9 Å². The van der Waals surface area contributed by atoms with Crippen molar-refractivity contribution in [2.45, 2.75) is 20.3 Å². The van der Waals surface area contributed by atoms with Gasteiger partial charge < -0.3 is 5.32 Å². The number of nitrogens with zero attached hydrogens (tertiary/aromatic N) is 1. The van der Waals surface area contributed by atoms with Crippen LogP contribution in [-0.2, 0) is 6.42 Å². The van der Waals surface area contributed by atoms with Gasteiger partial charge in [0.1, 0.15) is 0 Å². The van der Waals surface area contributed by atoms with Crippen molar-refractivity contribution in [2.24, 2.45) is 0 Å². The zero-order valence-corrected chi connectivity index (χ0v) is 6.94. The van der Waals surface area contributed by atoms with E-state index in [0.29, 0.717) is 0 Å². The number of aryl methyl sites for hydroxylation is 2. The van der Waals surface area contributed by atoms with Crippen LogP contribution < -0.4 is 5.32 Å². The molecule has 1 N–H and O–H groups in total. The van der Waals surface area contributed by atoms with Gasteiger partial charge in [-0.05, 0) is 31.9 Å². The molecular weight excluding hydrogens is 136 g/mol. The standard InChI is InChI=1S/C9H12N2/c1-6-5-9-8(3-4-10-9)7(2)11-6/h5,10H,3-4H2,1-2H3. The second kappa shape index (κ2) is 2.22. The largest absolute Gasteiger partial charge is 0.384 e. The van der Waals surface area contributed by atoms with E-state index >= 15 is 0 Å². The number of hydrogen-bond acceptors (Lipinski definition) is 2. The van der Waals surface area contributed by atoms with E-state index in [0.717, 1.165) is 18.7 Å².